The van der Waals surface area contributed by atoms with E-state index in [9.17, 15) is 23.3 Å². The van der Waals surface area contributed by atoms with Crippen molar-refractivity contribution < 1.29 is 22.8 Å². The molecule has 0 atom stereocenters. The largest absolute Gasteiger partial charge is 0.573 e. The van der Waals surface area contributed by atoms with Gasteiger partial charge >= 0.3 is 6.36 Å². The lowest BCUT2D eigenvalue weighted by atomic mass is 10.2. The molecule has 6 nitrogen and oxygen atoms in total. The Bertz CT molecular complexity index is 408. The number of nitrogens with zero attached hydrogens (tertiary/aromatic N) is 2. The molecular formula is C7H6F3N3O3. The summed E-state index contributed by atoms with van der Waals surface area (Å²) < 4.78 is 39.4. The Morgan fingerprint density at radius 1 is 1.50 bits per heavy atom. The number of aromatic nitrogens is 1. The molecule has 0 spiro atoms. The number of rotatable bonds is 3. The van der Waals surface area contributed by atoms with Crippen molar-refractivity contribution in [1.29, 1.82) is 0 Å². The van der Waals surface area contributed by atoms with Gasteiger partial charge in [0.15, 0.2) is 5.75 Å². The average Bonchev–Trinajstić information content (AvgIpc) is 2.14. The lowest BCUT2D eigenvalue weighted by molar-refractivity contribution is -0.386. The molecule has 0 fully saturated rings. The maximum atomic E-state index is 11.9. The molecule has 9 heteroatoms. The minimum atomic E-state index is -4.94. The molecule has 0 unspecified atom stereocenters. The second-order valence-electron chi connectivity index (χ2n) is 2.64. The molecule has 0 aliphatic heterocycles. The SMILES string of the molecule is NCc1c(OC(F)(F)F)cncc1[N+](=O)[O-]. The zero-order valence-electron chi connectivity index (χ0n) is 7.69. The molecule has 16 heavy (non-hydrogen) atoms. The summed E-state index contributed by atoms with van der Waals surface area (Å²) in [5.74, 6) is -0.760. The minimum Gasteiger partial charge on any atom is -0.404 e. The number of hydrogen-bond acceptors (Lipinski definition) is 5. The molecule has 2 N–H and O–H groups in total. The van der Waals surface area contributed by atoms with Crippen LogP contribution in [0.5, 0.6) is 5.75 Å². The van der Waals surface area contributed by atoms with Gasteiger partial charge in [-0.1, -0.05) is 0 Å². The van der Waals surface area contributed by atoms with Crippen LogP contribution in [0.4, 0.5) is 18.9 Å². The van der Waals surface area contributed by atoms with Gasteiger partial charge in [0.2, 0.25) is 0 Å². The van der Waals surface area contributed by atoms with E-state index in [1.807, 2.05) is 0 Å². The number of nitrogens with two attached hydrogens (primary N) is 1. The van der Waals surface area contributed by atoms with E-state index in [0.717, 1.165) is 12.4 Å². The molecule has 0 aliphatic rings. The molecule has 0 aliphatic carbocycles. The highest BCUT2D eigenvalue weighted by Gasteiger charge is 2.33. The van der Waals surface area contributed by atoms with E-state index in [2.05, 4.69) is 9.72 Å². The Hall–Kier alpha value is -1.90. The van der Waals surface area contributed by atoms with E-state index in [-0.39, 0.29) is 5.56 Å². The van der Waals surface area contributed by atoms with Gasteiger partial charge in [0.05, 0.1) is 16.7 Å². The summed E-state index contributed by atoms with van der Waals surface area (Å²) in [5, 5.41) is 10.5. The third-order valence-corrected chi connectivity index (χ3v) is 1.62. The van der Waals surface area contributed by atoms with Crippen molar-refractivity contribution in [3.05, 3.63) is 28.1 Å². The fourth-order valence-electron chi connectivity index (χ4n) is 1.03. The summed E-state index contributed by atoms with van der Waals surface area (Å²) in [4.78, 5) is 12.9. The average molecular weight is 237 g/mol. The first-order chi connectivity index (χ1) is 7.35. The molecule has 0 radical (unpaired) electrons. The smallest absolute Gasteiger partial charge is 0.404 e. The van der Waals surface area contributed by atoms with Crippen LogP contribution in [0.15, 0.2) is 12.4 Å². The fraction of sp³-hybridized carbons (Fsp3) is 0.286. The van der Waals surface area contributed by atoms with Crippen LogP contribution < -0.4 is 10.5 Å². The van der Waals surface area contributed by atoms with E-state index < -0.39 is 29.3 Å². The third kappa shape index (κ3) is 2.79. The number of alkyl halides is 3. The first-order valence-corrected chi connectivity index (χ1v) is 3.92. The highest BCUT2D eigenvalue weighted by Crippen LogP contribution is 2.30. The molecule has 1 heterocycles. The zero-order chi connectivity index (χ0) is 12.3. The Balaban J connectivity index is 3.19. The van der Waals surface area contributed by atoms with Gasteiger partial charge in [-0.25, -0.2) is 0 Å². The molecule has 1 aromatic heterocycles. The second kappa shape index (κ2) is 4.31. The Morgan fingerprint density at radius 2 is 2.12 bits per heavy atom. The summed E-state index contributed by atoms with van der Waals surface area (Å²) in [7, 11) is 0. The standard InChI is InChI=1S/C7H6F3N3O3/c8-7(9,10)16-6-3-12-2-5(13(14)15)4(6)1-11/h2-3H,1,11H2. The predicted octanol–water partition coefficient (Wildman–Crippen LogP) is 1.35. The van der Waals surface area contributed by atoms with E-state index in [1.165, 1.54) is 0 Å². The highest BCUT2D eigenvalue weighted by atomic mass is 19.4. The Kier molecular flexibility index (Phi) is 3.28. The van der Waals surface area contributed by atoms with E-state index in [0.29, 0.717) is 0 Å². The van der Waals surface area contributed by atoms with Crippen LogP contribution >= 0.6 is 0 Å². The summed E-state index contributed by atoms with van der Waals surface area (Å²) in [6.45, 7) is -0.454. The molecule has 1 aromatic rings. The van der Waals surface area contributed by atoms with Crippen molar-refractivity contribution in [2.45, 2.75) is 12.9 Å². The molecule has 0 bridgehead atoms. The van der Waals surface area contributed by atoms with Crippen molar-refractivity contribution in [1.82, 2.24) is 4.98 Å². The predicted molar refractivity (Wildman–Crippen MR) is 45.5 cm³/mol. The van der Waals surface area contributed by atoms with Crippen LogP contribution in [-0.2, 0) is 6.54 Å². The van der Waals surface area contributed by atoms with Crippen LogP contribution in [0.2, 0.25) is 0 Å². The van der Waals surface area contributed by atoms with Crippen molar-refractivity contribution in [2.24, 2.45) is 5.73 Å². The van der Waals surface area contributed by atoms with Crippen molar-refractivity contribution in [2.75, 3.05) is 0 Å². The molecular weight excluding hydrogens is 231 g/mol. The zero-order valence-corrected chi connectivity index (χ0v) is 7.69. The minimum absolute atomic E-state index is 0.350. The highest BCUT2D eigenvalue weighted by molar-refractivity contribution is 5.46. The van der Waals surface area contributed by atoms with Crippen LogP contribution in [0.3, 0.4) is 0 Å². The fourth-order valence-corrected chi connectivity index (χ4v) is 1.03. The van der Waals surface area contributed by atoms with Crippen LogP contribution in [0.1, 0.15) is 5.56 Å². The number of nitro groups is 1. The molecule has 0 saturated heterocycles. The monoisotopic (exact) mass is 237 g/mol. The van der Waals surface area contributed by atoms with Crippen LogP contribution in [-0.4, -0.2) is 16.3 Å². The molecule has 0 saturated carbocycles. The summed E-state index contributed by atoms with van der Waals surface area (Å²) >= 11 is 0. The first-order valence-electron chi connectivity index (χ1n) is 3.92. The van der Waals surface area contributed by atoms with Crippen molar-refractivity contribution >= 4 is 5.69 Å². The number of hydrogen-bond donors (Lipinski definition) is 1. The van der Waals surface area contributed by atoms with Crippen LogP contribution in [0.25, 0.3) is 0 Å². The van der Waals surface area contributed by atoms with E-state index in [4.69, 9.17) is 5.73 Å². The van der Waals surface area contributed by atoms with Gasteiger partial charge in [0.1, 0.15) is 6.20 Å². The number of halogens is 3. The summed E-state index contributed by atoms with van der Waals surface area (Å²) in [5.41, 5.74) is 4.17. The van der Waals surface area contributed by atoms with Gasteiger partial charge in [0.25, 0.3) is 5.69 Å². The van der Waals surface area contributed by atoms with Gasteiger partial charge in [-0.05, 0) is 0 Å². The molecule has 0 amide bonds. The first kappa shape index (κ1) is 12.2. The summed E-state index contributed by atoms with van der Waals surface area (Å²) in [6.07, 6.45) is -3.41. The van der Waals surface area contributed by atoms with E-state index >= 15 is 0 Å². The summed E-state index contributed by atoms with van der Waals surface area (Å²) in [6, 6.07) is 0. The number of ether oxygens (including phenoxy) is 1. The number of pyridine rings is 1. The topological polar surface area (TPSA) is 91.3 Å². The molecule has 88 valence electrons. The lowest BCUT2D eigenvalue weighted by Crippen LogP contribution is -2.19. The third-order valence-electron chi connectivity index (χ3n) is 1.62. The molecule has 1 rings (SSSR count). The van der Waals surface area contributed by atoms with Crippen molar-refractivity contribution in [3.63, 3.8) is 0 Å². The Labute approximate surface area is 87.0 Å². The van der Waals surface area contributed by atoms with Crippen LogP contribution in [0, 0.1) is 10.1 Å². The lowest BCUT2D eigenvalue weighted by Gasteiger charge is -2.11. The van der Waals surface area contributed by atoms with Gasteiger partial charge in [-0.3, -0.25) is 15.1 Å². The van der Waals surface area contributed by atoms with Gasteiger partial charge in [0, 0.05) is 6.54 Å². The maximum Gasteiger partial charge on any atom is 0.573 e. The Morgan fingerprint density at radius 3 is 2.56 bits per heavy atom. The van der Waals surface area contributed by atoms with E-state index in [1.54, 1.807) is 0 Å². The normalized spacial score (nSPS) is 11.2. The van der Waals surface area contributed by atoms with Gasteiger partial charge in [-0.15, -0.1) is 13.2 Å². The quantitative estimate of drug-likeness (QED) is 0.632. The van der Waals surface area contributed by atoms with Crippen molar-refractivity contribution in [3.8, 4) is 5.75 Å². The van der Waals surface area contributed by atoms with Gasteiger partial charge in [-0.2, -0.15) is 0 Å². The second-order valence-corrected chi connectivity index (χ2v) is 2.64. The van der Waals surface area contributed by atoms with Gasteiger partial charge < -0.3 is 10.5 Å². The molecule has 0 aromatic carbocycles. The maximum absolute atomic E-state index is 11.9.